The Labute approximate surface area is 155 Å². The summed E-state index contributed by atoms with van der Waals surface area (Å²) >= 11 is 3.47. The minimum Gasteiger partial charge on any atom is -0.494 e. The zero-order chi connectivity index (χ0) is 17.4. The van der Waals surface area contributed by atoms with Gasteiger partial charge in [-0.1, -0.05) is 0 Å². The number of carbonyl (C=O) groups excluding carboxylic acids is 1. The van der Waals surface area contributed by atoms with E-state index in [1.165, 1.54) is 25.8 Å². The second-order valence-electron chi connectivity index (χ2n) is 6.07. The quantitative estimate of drug-likeness (QED) is 0.656. The first-order chi connectivity index (χ1) is 12.1. The third kappa shape index (κ3) is 3.22. The van der Waals surface area contributed by atoms with E-state index in [1.54, 1.807) is 11.3 Å². The van der Waals surface area contributed by atoms with E-state index in [9.17, 15) is 4.79 Å². The fourth-order valence-corrected chi connectivity index (χ4v) is 5.39. The van der Waals surface area contributed by atoms with Crippen LogP contribution in [0.25, 0.3) is 10.4 Å². The average molecular weight is 370 g/mol. The van der Waals surface area contributed by atoms with E-state index in [2.05, 4.69) is 24.4 Å². The number of anilines is 1. The molecule has 128 valence electrons. The number of carbonyl (C=O) groups is 1. The maximum Gasteiger partial charge on any atom is 0.265 e. The third-order valence-corrected chi connectivity index (χ3v) is 6.57. The molecular weight excluding hydrogens is 350 g/mol. The van der Waals surface area contributed by atoms with Gasteiger partial charge in [0.15, 0.2) is 0 Å². The topological polar surface area (TPSA) is 38.3 Å². The molecule has 3 nitrogen and oxygen atoms in total. The first-order valence-corrected chi connectivity index (χ1v) is 10.0. The highest BCUT2D eigenvalue weighted by Gasteiger charge is 2.23. The number of nitrogens with one attached hydrogen (secondary N) is 1. The second kappa shape index (κ2) is 6.65. The molecule has 5 heteroatoms. The lowest BCUT2D eigenvalue weighted by atomic mass is 9.98. The number of rotatable bonds is 4. The standard InChI is InChI=1S/C20H19NO2S2/c1-3-23-15-7-5-14(6-8-15)21-20(22)18-11-13-4-9-17-16(19(13)25-18)10-12(2)24-17/h5-8,10-11H,3-4,9H2,1-2H3,(H,21,22). The molecule has 0 saturated carbocycles. The first kappa shape index (κ1) is 16.4. The molecule has 1 N–H and O–H groups in total. The lowest BCUT2D eigenvalue weighted by Gasteiger charge is -2.10. The molecule has 2 aromatic heterocycles. The van der Waals surface area contributed by atoms with Crippen molar-refractivity contribution in [1.29, 1.82) is 0 Å². The molecule has 4 rings (SSSR count). The highest BCUT2D eigenvalue weighted by molar-refractivity contribution is 7.18. The van der Waals surface area contributed by atoms with Gasteiger partial charge in [0.2, 0.25) is 0 Å². The average Bonchev–Trinajstić information content (AvgIpc) is 3.19. The summed E-state index contributed by atoms with van der Waals surface area (Å²) in [5.41, 5.74) is 3.41. The molecule has 0 saturated heterocycles. The molecule has 0 aliphatic heterocycles. The molecule has 0 unspecified atom stereocenters. The van der Waals surface area contributed by atoms with Crippen molar-refractivity contribution in [3.8, 4) is 16.2 Å². The van der Waals surface area contributed by atoms with Gasteiger partial charge < -0.3 is 10.1 Å². The number of aryl methyl sites for hydroxylation is 3. The Hall–Kier alpha value is -2.11. The number of ether oxygens (including phenoxy) is 1. The van der Waals surface area contributed by atoms with E-state index in [4.69, 9.17) is 4.74 Å². The smallest absolute Gasteiger partial charge is 0.265 e. The molecular formula is C20H19NO2S2. The van der Waals surface area contributed by atoms with Crippen LogP contribution in [0, 0.1) is 6.92 Å². The largest absolute Gasteiger partial charge is 0.494 e. The van der Waals surface area contributed by atoms with E-state index in [1.807, 2.05) is 42.5 Å². The van der Waals surface area contributed by atoms with Crippen molar-refractivity contribution < 1.29 is 9.53 Å². The van der Waals surface area contributed by atoms with Gasteiger partial charge in [-0.2, -0.15) is 0 Å². The number of benzene rings is 1. The third-order valence-electron chi connectivity index (χ3n) is 4.25. The van der Waals surface area contributed by atoms with Gasteiger partial charge in [-0.15, -0.1) is 22.7 Å². The molecule has 0 spiro atoms. The van der Waals surface area contributed by atoms with Gasteiger partial charge in [0.25, 0.3) is 5.91 Å². The van der Waals surface area contributed by atoms with Crippen molar-refractivity contribution in [2.45, 2.75) is 26.7 Å². The van der Waals surface area contributed by atoms with Crippen molar-refractivity contribution in [3.63, 3.8) is 0 Å². The van der Waals surface area contributed by atoms with Crippen LogP contribution in [0.3, 0.4) is 0 Å². The highest BCUT2D eigenvalue weighted by atomic mass is 32.1. The maximum atomic E-state index is 12.6. The van der Waals surface area contributed by atoms with E-state index in [0.29, 0.717) is 6.61 Å². The lowest BCUT2D eigenvalue weighted by Crippen LogP contribution is -2.10. The van der Waals surface area contributed by atoms with Crippen molar-refractivity contribution >= 4 is 34.3 Å². The fourth-order valence-electron chi connectivity index (χ4n) is 3.14. The molecule has 0 atom stereocenters. The molecule has 0 fully saturated rings. The van der Waals surface area contributed by atoms with Gasteiger partial charge in [0, 0.05) is 25.9 Å². The predicted octanol–water partition coefficient (Wildman–Crippen LogP) is 5.53. The van der Waals surface area contributed by atoms with Crippen LogP contribution in [0.15, 0.2) is 36.4 Å². The lowest BCUT2D eigenvalue weighted by molar-refractivity contribution is 0.103. The zero-order valence-electron chi connectivity index (χ0n) is 14.2. The molecule has 25 heavy (non-hydrogen) atoms. The van der Waals surface area contributed by atoms with Crippen molar-refractivity contribution in [2.24, 2.45) is 0 Å². The van der Waals surface area contributed by atoms with Crippen molar-refractivity contribution in [1.82, 2.24) is 0 Å². The van der Waals surface area contributed by atoms with Crippen LogP contribution in [0.4, 0.5) is 5.69 Å². The van der Waals surface area contributed by atoms with Crippen molar-refractivity contribution in [3.05, 3.63) is 56.6 Å². The Morgan fingerprint density at radius 3 is 2.72 bits per heavy atom. The van der Waals surface area contributed by atoms with Crippen LogP contribution in [0.2, 0.25) is 0 Å². The van der Waals surface area contributed by atoms with Crippen LogP contribution < -0.4 is 10.1 Å². The van der Waals surface area contributed by atoms with E-state index in [-0.39, 0.29) is 5.91 Å². The summed E-state index contributed by atoms with van der Waals surface area (Å²) < 4.78 is 5.43. The summed E-state index contributed by atoms with van der Waals surface area (Å²) in [6, 6.07) is 11.8. The number of fused-ring (bicyclic) bond motifs is 3. The molecule has 1 amide bonds. The highest BCUT2D eigenvalue weighted by Crippen LogP contribution is 2.43. The Bertz CT molecular complexity index is 922. The maximum absolute atomic E-state index is 12.6. The summed E-state index contributed by atoms with van der Waals surface area (Å²) in [6.07, 6.45) is 2.10. The summed E-state index contributed by atoms with van der Waals surface area (Å²) in [4.78, 5) is 17.5. The van der Waals surface area contributed by atoms with Gasteiger partial charge in [0.05, 0.1) is 11.5 Å². The molecule has 0 radical (unpaired) electrons. The van der Waals surface area contributed by atoms with Gasteiger partial charge in [-0.05, 0) is 68.7 Å². The van der Waals surface area contributed by atoms with Gasteiger partial charge in [-0.3, -0.25) is 4.79 Å². The molecule has 3 aromatic rings. The van der Waals surface area contributed by atoms with Crippen molar-refractivity contribution in [2.75, 3.05) is 11.9 Å². The van der Waals surface area contributed by atoms with E-state index >= 15 is 0 Å². The second-order valence-corrected chi connectivity index (χ2v) is 8.46. The summed E-state index contributed by atoms with van der Waals surface area (Å²) in [7, 11) is 0. The Kier molecular flexibility index (Phi) is 4.36. The number of amides is 1. The Morgan fingerprint density at radius 2 is 1.96 bits per heavy atom. The van der Waals surface area contributed by atoms with Gasteiger partial charge >= 0.3 is 0 Å². The number of hydrogen-bond acceptors (Lipinski definition) is 4. The molecule has 2 heterocycles. The van der Waals surface area contributed by atoms with Gasteiger partial charge in [0.1, 0.15) is 5.75 Å². The Morgan fingerprint density at radius 1 is 1.16 bits per heavy atom. The van der Waals surface area contributed by atoms with Crippen LogP contribution in [-0.2, 0) is 12.8 Å². The molecule has 0 bridgehead atoms. The molecule has 1 aliphatic carbocycles. The Balaban J connectivity index is 1.55. The summed E-state index contributed by atoms with van der Waals surface area (Å²) in [6.45, 7) is 4.74. The minimum atomic E-state index is -0.0444. The van der Waals surface area contributed by atoms with Crippen LogP contribution in [0.5, 0.6) is 5.75 Å². The van der Waals surface area contributed by atoms with Crippen LogP contribution >= 0.6 is 22.7 Å². The summed E-state index contributed by atoms with van der Waals surface area (Å²) in [5.74, 6) is 0.768. The van der Waals surface area contributed by atoms with Gasteiger partial charge in [-0.25, -0.2) is 0 Å². The molecule has 1 aliphatic rings. The first-order valence-electron chi connectivity index (χ1n) is 8.40. The predicted molar refractivity (Wildman–Crippen MR) is 105 cm³/mol. The normalized spacial score (nSPS) is 12.4. The zero-order valence-corrected chi connectivity index (χ0v) is 15.9. The molecule has 1 aromatic carbocycles. The minimum absolute atomic E-state index is 0.0444. The SMILES string of the molecule is CCOc1ccc(NC(=O)c2cc3c(s2)-c2cc(C)sc2CC3)cc1. The number of hydrogen-bond donors (Lipinski definition) is 1. The number of thiophene rings is 2. The van der Waals surface area contributed by atoms with E-state index < -0.39 is 0 Å². The fraction of sp³-hybridized carbons (Fsp3) is 0.250. The summed E-state index contributed by atoms with van der Waals surface area (Å²) in [5, 5.41) is 2.98. The van der Waals surface area contributed by atoms with E-state index in [0.717, 1.165) is 29.2 Å². The van der Waals surface area contributed by atoms with Crippen LogP contribution in [-0.4, -0.2) is 12.5 Å². The monoisotopic (exact) mass is 369 g/mol. The van der Waals surface area contributed by atoms with Crippen LogP contribution in [0.1, 0.15) is 31.9 Å².